The highest BCUT2D eigenvalue weighted by Gasteiger charge is 2.56. The molecule has 0 bridgehead atoms. The van der Waals surface area contributed by atoms with E-state index in [2.05, 4.69) is 26.1 Å². The van der Waals surface area contributed by atoms with Crippen LogP contribution in [0.5, 0.6) is 0 Å². The standard InChI is InChI=1S/C20H25FN2O4/c1-13-8-19(2,3)12-20(9-13)17(25)23(18(26)22-20)10-16(24)27-11-14-6-4-5-7-15(14)21/h4-7,13H,8-12H2,1-3H3,(H,22,26). The number of urea groups is 1. The lowest BCUT2D eigenvalue weighted by atomic mass is 9.64. The van der Waals surface area contributed by atoms with Crippen molar-refractivity contribution in [2.75, 3.05) is 6.54 Å². The highest BCUT2D eigenvalue weighted by atomic mass is 19.1. The van der Waals surface area contributed by atoms with Gasteiger partial charge in [0.1, 0.15) is 24.5 Å². The maximum Gasteiger partial charge on any atom is 0.326 e. The third-order valence-corrected chi connectivity index (χ3v) is 5.26. The predicted octanol–water partition coefficient (Wildman–Crippen LogP) is 3.01. The summed E-state index contributed by atoms with van der Waals surface area (Å²) in [6.45, 7) is 5.50. The summed E-state index contributed by atoms with van der Waals surface area (Å²) < 4.78 is 18.6. The minimum Gasteiger partial charge on any atom is -0.459 e. The molecule has 1 aliphatic carbocycles. The van der Waals surface area contributed by atoms with Crippen molar-refractivity contribution in [1.29, 1.82) is 0 Å². The Bertz CT molecular complexity index is 779. The summed E-state index contributed by atoms with van der Waals surface area (Å²) in [5.41, 5.74) is -0.797. The molecule has 3 amide bonds. The molecular formula is C20H25FN2O4. The summed E-state index contributed by atoms with van der Waals surface area (Å²) in [7, 11) is 0. The van der Waals surface area contributed by atoms with Crippen LogP contribution in [0.15, 0.2) is 24.3 Å². The zero-order valence-electron chi connectivity index (χ0n) is 15.9. The van der Waals surface area contributed by atoms with E-state index in [1.165, 1.54) is 12.1 Å². The molecule has 1 heterocycles. The van der Waals surface area contributed by atoms with Crippen LogP contribution in [0, 0.1) is 17.2 Å². The van der Waals surface area contributed by atoms with Gasteiger partial charge in [-0.2, -0.15) is 0 Å². The molecule has 7 heteroatoms. The third kappa shape index (κ3) is 3.96. The minimum absolute atomic E-state index is 0.0814. The van der Waals surface area contributed by atoms with Gasteiger partial charge in [0.15, 0.2) is 0 Å². The Hall–Kier alpha value is -2.44. The number of carbonyl (C=O) groups excluding carboxylic acids is 3. The average molecular weight is 376 g/mol. The zero-order valence-corrected chi connectivity index (χ0v) is 15.9. The van der Waals surface area contributed by atoms with Gasteiger partial charge in [-0.3, -0.25) is 14.5 Å². The van der Waals surface area contributed by atoms with E-state index in [9.17, 15) is 18.8 Å². The van der Waals surface area contributed by atoms with E-state index in [0.29, 0.717) is 12.8 Å². The summed E-state index contributed by atoms with van der Waals surface area (Å²) in [6.07, 6.45) is 2.07. The molecule has 1 aliphatic heterocycles. The van der Waals surface area contributed by atoms with Crippen LogP contribution >= 0.6 is 0 Å². The van der Waals surface area contributed by atoms with E-state index in [4.69, 9.17) is 4.74 Å². The van der Waals surface area contributed by atoms with Crippen molar-refractivity contribution in [3.8, 4) is 0 Å². The normalized spacial score (nSPS) is 27.0. The summed E-state index contributed by atoms with van der Waals surface area (Å²) in [5.74, 6) is -1.32. The Labute approximate surface area is 158 Å². The highest BCUT2D eigenvalue weighted by Crippen LogP contribution is 2.46. The molecule has 1 saturated heterocycles. The van der Waals surface area contributed by atoms with Crippen molar-refractivity contribution in [3.63, 3.8) is 0 Å². The smallest absolute Gasteiger partial charge is 0.326 e. The number of hydrogen-bond acceptors (Lipinski definition) is 4. The molecule has 3 rings (SSSR count). The van der Waals surface area contributed by atoms with E-state index in [1.54, 1.807) is 12.1 Å². The number of ether oxygens (including phenoxy) is 1. The lowest BCUT2D eigenvalue weighted by molar-refractivity contribution is -0.149. The molecule has 0 aromatic heterocycles. The van der Waals surface area contributed by atoms with E-state index in [1.807, 2.05) is 0 Å². The lowest BCUT2D eigenvalue weighted by Crippen LogP contribution is -2.54. The number of hydrogen-bond donors (Lipinski definition) is 1. The maximum atomic E-state index is 13.6. The number of nitrogens with zero attached hydrogens (tertiary/aromatic N) is 1. The first-order valence-corrected chi connectivity index (χ1v) is 9.15. The van der Waals surface area contributed by atoms with Gasteiger partial charge < -0.3 is 10.1 Å². The molecule has 6 nitrogen and oxygen atoms in total. The fraction of sp³-hybridized carbons (Fsp3) is 0.550. The Morgan fingerprint density at radius 2 is 2.00 bits per heavy atom. The summed E-state index contributed by atoms with van der Waals surface area (Å²) in [5, 5.41) is 2.81. The monoisotopic (exact) mass is 376 g/mol. The summed E-state index contributed by atoms with van der Waals surface area (Å²) >= 11 is 0. The molecule has 27 heavy (non-hydrogen) atoms. The highest BCUT2D eigenvalue weighted by molar-refractivity contribution is 6.08. The van der Waals surface area contributed by atoms with Crippen LogP contribution in [0.1, 0.15) is 45.6 Å². The Morgan fingerprint density at radius 3 is 2.67 bits per heavy atom. The second-order valence-electron chi connectivity index (χ2n) is 8.51. The zero-order chi connectivity index (χ0) is 19.8. The first-order valence-electron chi connectivity index (χ1n) is 9.15. The summed E-state index contributed by atoms with van der Waals surface area (Å²) in [4.78, 5) is 38.4. The second kappa shape index (κ2) is 6.94. The van der Waals surface area contributed by atoms with Gasteiger partial charge in [0.25, 0.3) is 5.91 Å². The fourth-order valence-electron chi connectivity index (χ4n) is 4.60. The molecule has 2 fully saturated rings. The molecule has 1 N–H and O–H groups in total. The van der Waals surface area contributed by atoms with Crippen molar-refractivity contribution in [2.24, 2.45) is 11.3 Å². The number of halogens is 1. The van der Waals surface area contributed by atoms with Gasteiger partial charge in [-0.1, -0.05) is 39.0 Å². The van der Waals surface area contributed by atoms with Gasteiger partial charge in [-0.05, 0) is 36.7 Å². The molecule has 1 aromatic carbocycles. The molecule has 1 spiro atoms. The van der Waals surface area contributed by atoms with Crippen molar-refractivity contribution in [3.05, 3.63) is 35.6 Å². The number of rotatable bonds is 4. The molecule has 1 saturated carbocycles. The number of esters is 1. The van der Waals surface area contributed by atoms with E-state index < -0.39 is 29.9 Å². The molecule has 0 radical (unpaired) electrons. The van der Waals surface area contributed by atoms with Crippen molar-refractivity contribution < 1.29 is 23.5 Å². The van der Waals surface area contributed by atoms with E-state index >= 15 is 0 Å². The molecule has 146 valence electrons. The predicted molar refractivity (Wildman–Crippen MR) is 96.0 cm³/mol. The van der Waals surface area contributed by atoms with Crippen LogP contribution in [0.3, 0.4) is 0 Å². The molecule has 2 unspecified atom stereocenters. The maximum absolute atomic E-state index is 13.6. The van der Waals surface area contributed by atoms with Gasteiger partial charge in [0.05, 0.1) is 0 Å². The quantitative estimate of drug-likeness (QED) is 0.647. The SMILES string of the molecule is CC1CC(C)(C)CC2(C1)NC(=O)N(CC(=O)OCc1ccccc1F)C2=O. The van der Waals surface area contributed by atoms with Gasteiger partial charge >= 0.3 is 12.0 Å². The van der Waals surface area contributed by atoms with E-state index in [-0.39, 0.29) is 29.4 Å². The third-order valence-electron chi connectivity index (χ3n) is 5.26. The van der Waals surface area contributed by atoms with Gasteiger partial charge in [0.2, 0.25) is 0 Å². The Balaban J connectivity index is 1.65. The van der Waals surface area contributed by atoms with Crippen molar-refractivity contribution in [1.82, 2.24) is 10.2 Å². The molecule has 2 atom stereocenters. The van der Waals surface area contributed by atoms with Gasteiger partial charge in [-0.15, -0.1) is 0 Å². The number of benzene rings is 1. The number of nitrogens with one attached hydrogen (secondary N) is 1. The Kier molecular flexibility index (Phi) is 4.97. The first kappa shape index (κ1) is 19.3. The molecular weight excluding hydrogens is 351 g/mol. The number of carbonyl (C=O) groups is 3. The van der Waals surface area contributed by atoms with Crippen LogP contribution in [0.4, 0.5) is 9.18 Å². The number of amides is 3. The lowest BCUT2D eigenvalue weighted by Gasteiger charge is -2.43. The number of imide groups is 1. The van der Waals surface area contributed by atoms with Crippen LogP contribution in [-0.2, 0) is 20.9 Å². The van der Waals surface area contributed by atoms with Crippen LogP contribution in [0.2, 0.25) is 0 Å². The van der Waals surface area contributed by atoms with Crippen molar-refractivity contribution in [2.45, 2.75) is 52.2 Å². The van der Waals surface area contributed by atoms with Gasteiger partial charge in [0, 0.05) is 5.56 Å². The summed E-state index contributed by atoms with van der Waals surface area (Å²) in [6, 6.07) is 5.39. The second-order valence-corrected chi connectivity index (χ2v) is 8.51. The molecule has 1 aromatic rings. The Morgan fingerprint density at radius 1 is 1.30 bits per heavy atom. The van der Waals surface area contributed by atoms with Crippen LogP contribution < -0.4 is 5.32 Å². The molecule has 2 aliphatic rings. The topological polar surface area (TPSA) is 75.7 Å². The van der Waals surface area contributed by atoms with Crippen molar-refractivity contribution >= 4 is 17.9 Å². The van der Waals surface area contributed by atoms with Crippen LogP contribution in [0.25, 0.3) is 0 Å². The largest absolute Gasteiger partial charge is 0.459 e. The van der Waals surface area contributed by atoms with Gasteiger partial charge in [-0.25, -0.2) is 9.18 Å². The fourth-order valence-corrected chi connectivity index (χ4v) is 4.60. The first-order chi connectivity index (χ1) is 12.6. The van der Waals surface area contributed by atoms with E-state index in [0.717, 1.165) is 11.3 Å². The minimum atomic E-state index is -0.954. The van der Waals surface area contributed by atoms with Crippen LogP contribution in [-0.4, -0.2) is 34.9 Å². The average Bonchev–Trinajstić information content (AvgIpc) is 2.75.